The lowest BCUT2D eigenvalue weighted by atomic mass is 9.90. The van der Waals surface area contributed by atoms with Gasteiger partial charge in [0.2, 0.25) is 5.91 Å². The van der Waals surface area contributed by atoms with Crippen molar-refractivity contribution in [2.75, 3.05) is 12.1 Å². The second kappa shape index (κ2) is 5.21. The monoisotopic (exact) mass is 308 g/mol. The van der Waals surface area contributed by atoms with Crippen LogP contribution in [0.1, 0.15) is 11.6 Å². The standard InChI is InChI=1S/C18H16N2O3/c1-19-17(21)14-15(12-8-4-2-5-9-12)20(23-16(14)18(19)22)13-10-6-3-7-11-13/h2-11,14-16H,1H3/t14-,15+,16+/m0/s1. The molecule has 2 aliphatic heterocycles. The summed E-state index contributed by atoms with van der Waals surface area (Å²) in [5.74, 6) is -0.984. The molecule has 116 valence electrons. The van der Waals surface area contributed by atoms with E-state index in [0.29, 0.717) is 0 Å². The van der Waals surface area contributed by atoms with Crippen molar-refractivity contribution < 1.29 is 14.4 Å². The van der Waals surface area contributed by atoms with Gasteiger partial charge in [0.15, 0.2) is 6.10 Å². The van der Waals surface area contributed by atoms with E-state index in [2.05, 4.69) is 0 Å². The topological polar surface area (TPSA) is 49.9 Å². The Morgan fingerprint density at radius 3 is 2.13 bits per heavy atom. The van der Waals surface area contributed by atoms with E-state index in [1.165, 1.54) is 11.9 Å². The lowest BCUT2D eigenvalue weighted by Crippen LogP contribution is -2.34. The van der Waals surface area contributed by atoms with Crippen LogP contribution in [0, 0.1) is 5.92 Å². The second-order valence-corrected chi connectivity index (χ2v) is 5.80. The van der Waals surface area contributed by atoms with E-state index in [-0.39, 0.29) is 17.9 Å². The third kappa shape index (κ3) is 2.04. The van der Waals surface area contributed by atoms with Crippen molar-refractivity contribution in [2.45, 2.75) is 12.1 Å². The average molecular weight is 308 g/mol. The molecule has 2 fully saturated rings. The fourth-order valence-corrected chi connectivity index (χ4v) is 3.34. The van der Waals surface area contributed by atoms with Crippen LogP contribution in [-0.4, -0.2) is 29.9 Å². The van der Waals surface area contributed by atoms with Crippen LogP contribution in [0.2, 0.25) is 0 Å². The molecule has 5 heteroatoms. The Morgan fingerprint density at radius 2 is 1.48 bits per heavy atom. The molecule has 0 unspecified atom stereocenters. The fraction of sp³-hybridized carbons (Fsp3) is 0.222. The van der Waals surface area contributed by atoms with Crippen molar-refractivity contribution in [1.82, 2.24) is 4.90 Å². The fourth-order valence-electron chi connectivity index (χ4n) is 3.34. The van der Waals surface area contributed by atoms with E-state index in [1.54, 1.807) is 5.06 Å². The van der Waals surface area contributed by atoms with Crippen molar-refractivity contribution in [1.29, 1.82) is 0 Å². The minimum Gasteiger partial charge on any atom is -0.283 e. The molecule has 2 saturated heterocycles. The molecule has 0 spiro atoms. The highest BCUT2D eigenvalue weighted by molar-refractivity contribution is 6.07. The molecular weight excluding hydrogens is 292 g/mol. The van der Waals surface area contributed by atoms with Crippen LogP contribution in [0.15, 0.2) is 60.7 Å². The average Bonchev–Trinajstić information content (AvgIpc) is 3.09. The number of imide groups is 1. The van der Waals surface area contributed by atoms with Crippen LogP contribution < -0.4 is 5.06 Å². The highest BCUT2D eigenvalue weighted by atomic mass is 16.7. The maximum Gasteiger partial charge on any atom is 0.261 e. The third-order valence-electron chi connectivity index (χ3n) is 4.49. The highest BCUT2D eigenvalue weighted by Gasteiger charge is 2.58. The molecule has 2 heterocycles. The van der Waals surface area contributed by atoms with E-state index < -0.39 is 12.0 Å². The minimum atomic E-state index is -0.752. The predicted octanol–water partition coefficient (Wildman–Crippen LogP) is 2.16. The minimum absolute atomic E-state index is 0.188. The molecule has 0 radical (unpaired) electrons. The summed E-state index contributed by atoms with van der Waals surface area (Å²) in [7, 11) is 1.52. The Labute approximate surface area is 134 Å². The first kappa shape index (κ1) is 14.0. The molecular formula is C18H16N2O3. The van der Waals surface area contributed by atoms with Gasteiger partial charge in [-0.25, -0.2) is 5.06 Å². The maximum absolute atomic E-state index is 12.6. The zero-order valence-corrected chi connectivity index (χ0v) is 12.6. The van der Waals surface area contributed by atoms with Crippen molar-refractivity contribution in [2.24, 2.45) is 5.92 Å². The van der Waals surface area contributed by atoms with E-state index >= 15 is 0 Å². The van der Waals surface area contributed by atoms with E-state index in [1.807, 2.05) is 60.7 Å². The Hall–Kier alpha value is -2.66. The Kier molecular flexibility index (Phi) is 3.16. The first-order chi connectivity index (χ1) is 11.2. The SMILES string of the molecule is CN1C(=O)[C@H]2[C@@H](c3ccccc3)N(c3ccccc3)O[C@H]2C1=O. The van der Waals surface area contributed by atoms with Crippen molar-refractivity contribution in [3.63, 3.8) is 0 Å². The number of likely N-dealkylation sites (tertiary alicyclic amines) is 1. The molecule has 0 aliphatic carbocycles. The summed E-state index contributed by atoms with van der Waals surface area (Å²) in [4.78, 5) is 31.9. The van der Waals surface area contributed by atoms with Crippen LogP contribution in [-0.2, 0) is 14.4 Å². The summed E-state index contributed by atoms with van der Waals surface area (Å²) < 4.78 is 0. The number of likely N-dealkylation sites (N-methyl/N-ethyl adjacent to an activating group) is 1. The summed E-state index contributed by atoms with van der Waals surface area (Å²) in [5, 5.41) is 1.70. The van der Waals surface area contributed by atoms with Gasteiger partial charge in [0, 0.05) is 7.05 Å². The first-order valence-corrected chi connectivity index (χ1v) is 7.56. The van der Waals surface area contributed by atoms with Gasteiger partial charge in [-0.05, 0) is 17.7 Å². The molecule has 0 N–H and O–H groups in total. The van der Waals surface area contributed by atoms with Gasteiger partial charge >= 0.3 is 0 Å². The number of anilines is 1. The van der Waals surface area contributed by atoms with Gasteiger partial charge in [-0.15, -0.1) is 0 Å². The van der Waals surface area contributed by atoms with Crippen molar-refractivity contribution >= 4 is 17.5 Å². The van der Waals surface area contributed by atoms with Crippen LogP contribution in [0.5, 0.6) is 0 Å². The van der Waals surface area contributed by atoms with E-state index in [4.69, 9.17) is 4.84 Å². The summed E-state index contributed by atoms with van der Waals surface area (Å²) >= 11 is 0. The molecule has 0 aromatic heterocycles. The number of nitrogens with zero attached hydrogens (tertiary/aromatic N) is 2. The number of fused-ring (bicyclic) bond motifs is 1. The lowest BCUT2D eigenvalue weighted by Gasteiger charge is -2.28. The first-order valence-electron chi connectivity index (χ1n) is 7.56. The van der Waals surface area contributed by atoms with Gasteiger partial charge in [0.25, 0.3) is 5.91 Å². The number of rotatable bonds is 2. The van der Waals surface area contributed by atoms with E-state index in [9.17, 15) is 9.59 Å². The molecule has 3 atom stereocenters. The zero-order chi connectivity index (χ0) is 16.0. The number of hydrogen-bond acceptors (Lipinski definition) is 4. The van der Waals surface area contributed by atoms with Gasteiger partial charge in [0.05, 0.1) is 11.7 Å². The number of carbonyl (C=O) groups excluding carboxylic acids is 2. The summed E-state index contributed by atoms with van der Waals surface area (Å²) in [6, 6.07) is 18.9. The van der Waals surface area contributed by atoms with Crippen LogP contribution in [0.4, 0.5) is 5.69 Å². The smallest absolute Gasteiger partial charge is 0.261 e. The van der Waals surface area contributed by atoms with Gasteiger partial charge in [-0.3, -0.25) is 19.3 Å². The largest absolute Gasteiger partial charge is 0.283 e. The number of para-hydroxylation sites is 1. The van der Waals surface area contributed by atoms with Crippen molar-refractivity contribution in [3.8, 4) is 0 Å². The molecule has 5 nitrogen and oxygen atoms in total. The molecule has 0 saturated carbocycles. The van der Waals surface area contributed by atoms with E-state index in [0.717, 1.165) is 11.3 Å². The lowest BCUT2D eigenvalue weighted by molar-refractivity contribution is -0.141. The van der Waals surface area contributed by atoms with Gasteiger partial charge in [-0.1, -0.05) is 48.5 Å². The quantitative estimate of drug-likeness (QED) is 0.798. The highest BCUT2D eigenvalue weighted by Crippen LogP contribution is 2.46. The molecule has 2 aromatic carbocycles. The Bertz CT molecular complexity index is 747. The molecule has 2 aliphatic rings. The van der Waals surface area contributed by atoms with Crippen LogP contribution >= 0.6 is 0 Å². The number of hydrogen-bond donors (Lipinski definition) is 0. The normalized spacial score (nSPS) is 26.7. The van der Waals surface area contributed by atoms with Gasteiger partial charge in [0.1, 0.15) is 5.92 Å². The Balaban J connectivity index is 1.82. The number of amides is 2. The third-order valence-corrected chi connectivity index (χ3v) is 4.49. The Morgan fingerprint density at radius 1 is 0.870 bits per heavy atom. The van der Waals surface area contributed by atoms with Gasteiger partial charge < -0.3 is 0 Å². The predicted molar refractivity (Wildman–Crippen MR) is 84.2 cm³/mol. The van der Waals surface area contributed by atoms with Crippen LogP contribution in [0.3, 0.4) is 0 Å². The molecule has 23 heavy (non-hydrogen) atoms. The van der Waals surface area contributed by atoms with Crippen LogP contribution in [0.25, 0.3) is 0 Å². The molecule has 2 aromatic rings. The van der Waals surface area contributed by atoms with Crippen molar-refractivity contribution in [3.05, 3.63) is 66.2 Å². The molecule has 4 rings (SSSR count). The number of hydroxylamine groups is 1. The number of benzene rings is 2. The second-order valence-electron chi connectivity index (χ2n) is 5.80. The summed E-state index contributed by atoms with van der Waals surface area (Å²) in [5.41, 5.74) is 1.79. The number of carbonyl (C=O) groups is 2. The zero-order valence-electron chi connectivity index (χ0n) is 12.6. The maximum atomic E-state index is 12.6. The summed E-state index contributed by atoms with van der Waals surface area (Å²) in [6.45, 7) is 0. The molecule has 2 amide bonds. The summed E-state index contributed by atoms with van der Waals surface area (Å²) in [6.07, 6.45) is -0.752. The van der Waals surface area contributed by atoms with Gasteiger partial charge in [-0.2, -0.15) is 0 Å². The molecule has 0 bridgehead atoms.